The van der Waals surface area contributed by atoms with E-state index in [9.17, 15) is 4.79 Å². The average Bonchev–Trinajstić information content (AvgIpc) is 3.39. The third-order valence-corrected chi connectivity index (χ3v) is 5.01. The van der Waals surface area contributed by atoms with E-state index < -0.39 is 0 Å². The fourth-order valence-corrected chi connectivity index (χ4v) is 3.06. The molecule has 2 aromatic rings. The highest BCUT2D eigenvalue weighted by Crippen LogP contribution is 2.33. The summed E-state index contributed by atoms with van der Waals surface area (Å²) < 4.78 is 0. The maximum Gasteiger partial charge on any atom is 0.222 e. The second kappa shape index (κ2) is 6.23. The number of likely N-dealkylation sites (N-methyl/N-ethyl adjacent to an activating group) is 1. The monoisotopic (exact) mass is 322 g/mol. The molecule has 124 valence electrons. The highest BCUT2D eigenvalue weighted by Gasteiger charge is 2.35. The van der Waals surface area contributed by atoms with Crippen molar-refractivity contribution in [2.24, 2.45) is 5.92 Å². The smallest absolute Gasteiger partial charge is 0.222 e. The number of rotatable bonds is 5. The lowest BCUT2D eigenvalue weighted by Crippen LogP contribution is -2.60. The molecule has 0 atom stereocenters. The van der Waals surface area contributed by atoms with Gasteiger partial charge in [-0.3, -0.25) is 4.79 Å². The lowest BCUT2D eigenvalue weighted by Gasteiger charge is -2.44. The molecule has 2 heterocycles. The van der Waals surface area contributed by atoms with Gasteiger partial charge in [0, 0.05) is 32.1 Å². The van der Waals surface area contributed by atoms with E-state index in [0.29, 0.717) is 12.0 Å². The molecule has 2 aliphatic rings. The molecule has 1 aromatic carbocycles. The molecule has 0 unspecified atom stereocenters. The summed E-state index contributed by atoms with van der Waals surface area (Å²) in [6.45, 7) is 1.68. The van der Waals surface area contributed by atoms with Crippen molar-refractivity contribution < 1.29 is 4.79 Å². The van der Waals surface area contributed by atoms with E-state index in [2.05, 4.69) is 15.1 Å². The predicted molar refractivity (Wildman–Crippen MR) is 93.6 cm³/mol. The summed E-state index contributed by atoms with van der Waals surface area (Å²) in [5, 5.41) is 8.68. The fourth-order valence-electron chi connectivity index (χ4n) is 3.06. The topological polar surface area (TPSA) is 49.3 Å². The van der Waals surface area contributed by atoms with Gasteiger partial charge in [-0.05, 0) is 30.9 Å². The molecule has 4 rings (SSSR count). The number of hydrogen-bond acceptors (Lipinski definition) is 4. The van der Waals surface area contributed by atoms with Gasteiger partial charge in [-0.15, -0.1) is 10.2 Å². The van der Waals surface area contributed by atoms with Crippen LogP contribution in [0.15, 0.2) is 42.5 Å². The summed E-state index contributed by atoms with van der Waals surface area (Å²) in [5.41, 5.74) is 1.96. The first-order valence-corrected chi connectivity index (χ1v) is 8.60. The number of nitrogens with zero attached hydrogens (tertiary/aromatic N) is 4. The van der Waals surface area contributed by atoms with Crippen LogP contribution in [0.1, 0.15) is 19.3 Å². The number of hydrogen-bond donors (Lipinski definition) is 0. The fraction of sp³-hybridized carbons (Fsp3) is 0.421. The van der Waals surface area contributed by atoms with Crippen LogP contribution >= 0.6 is 0 Å². The highest BCUT2D eigenvalue weighted by atomic mass is 16.2. The Kier molecular flexibility index (Phi) is 3.92. The van der Waals surface area contributed by atoms with Gasteiger partial charge in [0.2, 0.25) is 5.91 Å². The number of aromatic nitrogens is 2. The molecule has 1 saturated carbocycles. The molecule has 0 N–H and O–H groups in total. The average molecular weight is 322 g/mol. The van der Waals surface area contributed by atoms with Crippen molar-refractivity contribution in [2.75, 3.05) is 25.0 Å². The van der Waals surface area contributed by atoms with Crippen LogP contribution in [0.3, 0.4) is 0 Å². The van der Waals surface area contributed by atoms with Crippen LogP contribution in [0.2, 0.25) is 0 Å². The minimum atomic E-state index is 0.285. The van der Waals surface area contributed by atoms with E-state index in [-0.39, 0.29) is 5.91 Å². The zero-order valence-corrected chi connectivity index (χ0v) is 13.9. The van der Waals surface area contributed by atoms with Gasteiger partial charge in [0.1, 0.15) is 0 Å². The van der Waals surface area contributed by atoms with Crippen molar-refractivity contribution in [2.45, 2.75) is 25.3 Å². The highest BCUT2D eigenvalue weighted by molar-refractivity contribution is 5.77. The van der Waals surface area contributed by atoms with Crippen molar-refractivity contribution in [3.05, 3.63) is 42.5 Å². The van der Waals surface area contributed by atoms with Gasteiger partial charge in [-0.25, -0.2) is 0 Å². The van der Waals surface area contributed by atoms with Gasteiger partial charge in [-0.1, -0.05) is 30.3 Å². The van der Waals surface area contributed by atoms with Crippen molar-refractivity contribution >= 4 is 11.7 Å². The predicted octanol–water partition coefficient (Wildman–Crippen LogP) is 2.59. The van der Waals surface area contributed by atoms with Crippen molar-refractivity contribution in [3.8, 4) is 11.3 Å². The van der Waals surface area contributed by atoms with Gasteiger partial charge in [0.15, 0.2) is 5.82 Å². The van der Waals surface area contributed by atoms with Gasteiger partial charge in [-0.2, -0.15) is 0 Å². The number of carbonyl (C=O) groups excluding carboxylic acids is 1. The molecule has 0 spiro atoms. The van der Waals surface area contributed by atoms with Gasteiger partial charge in [0.05, 0.1) is 11.7 Å². The second-order valence-corrected chi connectivity index (χ2v) is 6.85. The molecule has 24 heavy (non-hydrogen) atoms. The maximum absolute atomic E-state index is 12.2. The number of carbonyl (C=O) groups is 1. The summed E-state index contributed by atoms with van der Waals surface area (Å²) in [4.78, 5) is 16.2. The van der Waals surface area contributed by atoms with Gasteiger partial charge < -0.3 is 9.80 Å². The van der Waals surface area contributed by atoms with E-state index in [1.54, 1.807) is 0 Å². The Morgan fingerprint density at radius 1 is 1.12 bits per heavy atom. The molecule has 0 bridgehead atoms. The Hall–Kier alpha value is -2.43. The number of amides is 1. The Labute approximate surface area is 142 Å². The van der Waals surface area contributed by atoms with E-state index in [0.717, 1.165) is 36.6 Å². The number of anilines is 1. The molecular weight excluding hydrogens is 300 g/mol. The van der Waals surface area contributed by atoms with E-state index >= 15 is 0 Å². The molecule has 0 radical (unpaired) electrons. The van der Waals surface area contributed by atoms with Gasteiger partial charge >= 0.3 is 0 Å². The van der Waals surface area contributed by atoms with Crippen molar-refractivity contribution in [3.63, 3.8) is 0 Å². The van der Waals surface area contributed by atoms with Gasteiger partial charge in [0.25, 0.3) is 0 Å². The summed E-state index contributed by atoms with van der Waals surface area (Å²) in [6, 6.07) is 14.4. The van der Waals surface area contributed by atoms with Crippen LogP contribution in [-0.4, -0.2) is 47.2 Å². The van der Waals surface area contributed by atoms with Crippen LogP contribution < -0.4 is 4.90 Å². The molecule has 1 amide bonds. The van der Waals surface area contributed by atoms with Crippen LogP contribution in [0.4, 0.5) is 5.82 Å². The summed E-state index contributed by atoms with van der Waals surface area (Å²) >= 11 is 0. The van der Waals surface area contributed by atoms with Crippen LogP contribution in [-0.2, 0) is 4.79 Å². The third-order valence-electron chi connectivity index (χ3n) is 5.01. The zero-order valence-electron chi connectivity index (χ0n) is 13.9. The van der Waals surface area contributed by atoms with E-state index in [4.69, 9.17) is 0 Å². The third kappa shape index (κ3) is 3.11. The molecule has 1 aliphatic carbocycles. The van der Waals surface area contributed by atoms with Crippen LogP contribution in [0, 0.1) is 5.92 Å². The lowest BCUT2D eigenvalue weighted by molar-refractivity contribution is -0.132. The van der Waals surface area contributed by atoms with Crippen molar-refractivity contribution in [1.82, 2.24) is 15.1 Å². The molecule has 1 aliphatic heterocycles. The Morgan fingerprint density at radius 2 is 1.88 bits per heavy atom. The number of benzene rings is 1. The standard InChI is InChI=1S/C19H22N4O/c1-22(19(24)11-14-7-8-14)16-12-23(13-16)18-10-9-17(20-21-18)15-5-3-2-4-6-15/h2-6,9-10,14,16H,7-8,11-13H2,1H3. The minimum absolute atomic E-state index is 0.285. The summed E-state index contributed by atoms with van der Waals surface area (Å²) in [6.07, 6.45) is 3.16. The van der Waals surface area contributed by atoms with E-state index in [1.165, 1.54) is 12.8 Å². The largest absolute Gasteiger partial charge is 0.351 e. The quantitative estimate of drug-likeness (QED) is 0.849. The Morgan fingerprint density at radius 3 is 2.50 bits per heavy atom. The van der Waals surface area contributed by atoms with E-state index in [1.807, 2.05) is 54.4 Å². The van der Waals surface area contributed by atoms with Crippen molar-refractivity contribution in [1.29, 1.82) is 0 Å². The first-order chi connectivity index (χ1) is 11.7. The second-order valence-electron chi connectivity index (χ2n) is 6.85. The Bertz CT molecular complexity index is 706. The maximum atomic E-state index is 12.2. The molecule has 1 saturated heterocycles. The summed E-state index contributed by atoms with van der Waals surface area (Å²) in [7, 11) is 1.93. The van der Waals surface area contributed by atoms with Crippen LogP contribution in [0.25, 0.3) is 11.3 Å². The molecule has 2 fully saturated rings. The van der Waals surface area contributed by atoms with Crippen LogP contribution in [0.5, 0.6) is 0 Å². The molecule has 1 aromatic heterocycles. The molecular formula is C19H22N4O. The molecule has 5 nitrogen and oxygen atoms in total. The summed E-state index contributed by atoms with van der Waals surface area (Å²) in [5.74, 6) is 1.81. The Balaban J connectivity index is 1.34. The first-order valence-electron chi connectivity index (χ1n) is 8.60. The normalized spacial score (nSPS) is 17.5. The molecule has 5 heteroatoms. The zero-order chi connectivity index (χ0) is 16.5. The minimum Gasteiger partial charge on any atom is -0.351 e. The SMILES string of the molecule is CN(C(=O)CC1CC1)C1CN(c2ccc(-c3ccccc3)nn2)C1. The lowest BCUT2D eigenvalue weighted by atomic mass is 10.1. The first kappa shape index (κ1) is 15.1.